The summed E-state index contributed by atoms with van der Waals surface area (Å²) in [6.45, 7) is 6.39. The van der Waals surface area contributed by atoms with Crippen molar-refractivity contribution >= 4 is 0 Å². The van der Waals surface area contributed by atoms with Crippen molar-refractivity contribution in [1.82, 2.24) is 0 Å². The van der Waals surface area contributed by atoms with Gasteiger partial charge in [0.05, 0.1) is 0 Å². The Balaban J connectivity index is 3.38. The minimum absolute atomic E-state index is 1.12. The van der Waals surface area contributed by atoms with Crippen molar-refractivity contribution in [2.24, 2.45) is 0 Å². The molecular weight excluding hydrogens is 108 g/mol. The Bertz CT molecular complexity index is 107. The second kappa shape index (κ2) is 5.61. The van der Waals surface area contributed by atoms with Gasteiger partial charge in [-0.15, -0.1) is 0 Å². The standard InChI is InChI=1S/C9H16/c1-4-6-7-8-9(3)5-2/h5-7H,4,8H2,1-3H3/b7-6+,9-5+. The molecule has 0 spiro atoms. The van der Waals surface area contributed by atoms with Gasteiger partial charge in [0.25, 0.3) is 0 Å². The first-order chi connectivity index (χ1) is 4.31. The predicted octanol–water partition coefficient (Wildman–Crippen LogP) is 3.31. The minimum Gasteiger partial charge on any atom is -0.0885 e. The average Bonchev–Trinajstić information content (AvgIpc) is 1.89. The zero-order valence-corrected chi connectivity index (χ0v) is 6.65. The second-order valence-corrected chi connectivity index (χ2v) is 2.22. The second-order valence-electron chi connectivity index (χ2n) is 2.22. The first kappa shape index (κ1) is 8.48. The van der Waals surface area contributed by atoms with E-state index in [4.69, 9.17) is 0 Å². The third-order valence-corrected chi connectivity index (χ3v) is 1.33. The van der Waals surface area contributed by atoms with E-state index < -0.39 is 0 Å². The van der Waals surface area contributed by atoms with E-state index in [-0.39, 0.29) is 0 Å². The van der Waals surface area contributed by atoms with Gasteiger partial charge in [0.1, 0.15) is 0 Å². The van der Waals surface area contributed by atoms with Crippen molar-refractivity contribution in [2.75, 3.05) is 0 Å². The summed E-state index contributed by atoms with van der Waals surface area (Å²) in [7, 11) is 0. The molecule has 0 aliphatic rings. The molecule has 0 atom stereocenters. The van der Waals surface area contributed by atoms with E-state index >= 15 is 0 Å². The average molecular weight is 124 g/mol. The summed E-state index contributed by atoms with van der Waals surface area (Å²) in [5, 5.41) is 0. The fraction of sp³-hybridized carbons (Fsp3) is 0.556. The molecule has 0 saturated heterocycles. The van der Waals surface area contributed by atoms with Gasteiger partial charge in [-0.05, 0) is 26.7 Å². The Labute approximate surface area is 58.3 Å². The molecule has 0 nitrogen and oxygen atoms in total. The summed E-state index contributed by atoms with van der Waals surface area (Å²) >= 11 is 0. The Hall–Kier alpha value is -0.520. The zero-order valence-electron chi connectivity index (χ0n) is 6.65. The van der Waals surface area contributed by atoms with E-state index in [9.17, 15) is 0 Å². The number of hydrogen-bond donors (Lipinski definition) is 0. The summed E-state index contributed by atoms with van der Waals surface area (Å²) < 4.78 is 0. The van der Waals surface area contributed by atoms with Crippen LogP contribution in [0.15, 0.2) is 23.8 Å². The maximum absolute atomic E-state index is 2.22. The highest BCUT2D eigenvalue weighted by molar-refractivity contribution is 5.02. The van der Waals surface area contributed by atoms with Gasteiger partial charge in [0, 0.05) is 0 Å². The van der Waals surface area contributed by atoms with Crippen LogP contribution in [0, 0.1) is 0 Å². The summed E-state index contributed by atoms with van der Waals surface area (Å²) in [5.74, 6) is 0. The van der Waals surface area contributed by atoms with Crippen LogP contribution in [0.3, 0.4) is 0 Å². The van der Waals surface area contributed by atoms with Crippen LogP contribution >= 0.6 is 0 Å². The van der Waals surface area contributed by atoms with Crippen LogP contribution in [0.4, 0.5) is 0 Å². The Morgan fingerprint density at radius 2 is 2.00 bits per heavy atom. The van der Waals surface area contributed by atoms with E-state index in [2.05, 4.69) is 39.0 Å². The number of allylic oxidation sites excluding steroid dienone is 4. The summed E-state index contributed by atoms with van der Waals surface area (Å²) in [6.07, 6.45) is 8.84. The third kappa shape index (κ3) is 5.35. The van der Waals surface area contributed by atoms with Crippen molar-refractivity contribution < 1.29 is 0 Å². The van der Waals surface area contributed by atoms with Crippen LogP contribution in [0.2, 0.25) is 0 Å². The highest BCUT2D eigenvalue weighted by Crippen LogP contribution is 1.99. The monoisotopic (exact) mass is 124 g/mol. The Kier molecular flexibility index (Phi) is 5.29. The van der Waals surface area contributed by atoms with Gasteiger partial charge in [0.15, 0.2) is 0 Å². The SMILES string of the molecule is C/C=C(\C)C/C=C/CC. The van der Waals surface area contributed by atoms with Gasteiger partial charge in [-0.25, -0.2) is 0 Å². The van der Waals surface area contributed by atoms with Gasteiger partial charge in [0.2, 0.25) is 0 Å². The summed E-state index contributed by atoms with van der Waals surface area (Å²) in [6, 6.07) is 0. The largest absolute Gasteiger partial charge is 0.0885 e. The number of hydrogen-bond acceptors (Lipinski definition) is 0. The maximum Gasteiger partial charge on any atom is -0.0142 e. The van der Waals surface area contributed by atoms with E-state index in [0.29, 0.717) is 0 Å². The molecule has 9 heavy (non-hydrogen) atoms. The molecule has 0 rings (SSSR count). The molecule has 0 unspecified atom stereocenters. The molecule has 0 fully saturated rings. The molecule has 0 heteroatoms. The highest BCUT2D eigenvalue weighted by Gasteiger charge is 1.78. The predicted molar refractivity (Wildman–Crippen MR) is 43.5 cm³/mol. The minimum atomic E-state index is 1.12. The molecule has 52 valence electrons. The van der Waals surface area contributed by atoms with Crippen molar-refractivity contribution in [1.29, 1.82) is 0 Å². The molecule has 0 aromatic rings. The van der Waals surface area contributed by atoms with Gasteiger partial charge in [-0.2, -0.15) is 0 Å². The van der Waals surface area contributed by atoms with Crippen molar-refractivity contribution in [3.8, 4) is 0 Å². The molecule has 0 aliphatic heterocycles. The lowest BCUT2D eigenvalue weighted by molar-refractivity contribution is 1.15. The van der Waals surface area contributed by atoms with Gasteiger partial charge in [-0.1, -0.05) is 30.7 Å². The molecule has 0 aromatic carbocycles. The lowest BCUT2D eigenvalue weighted by atomic mass is 10.2. The fourth-order valence-corrected chi connectivity index (χ4v) is 0.554. The molecule has 0 aromatic heterocycles. The zero-order chi connectivity index (χ0) is 7.11. The molecule has 0 N–H and O–H groups in total. The lowest BCUT2D eigenvalue weighted by Gasteiger charge is -1.89. The van der Waals surface area contributed by atoms with E-state index in [1.165, 1.54) is 5.57 Å². The van der Waals surface area contributed by atoms with Gasteiger partial charge >= 0.3 is 0 Å². The quantitative estimate of drug-likeness (QED) is 0.506. The van der Waals surface area contributed by atoms with E-state index in [0.717, 1.165) is 12.8 Å². The molecular formula is C9H16. The van der Waals surface area contributed by atoms with Crippen molar-refractivity contribution in [3.05, 3.63) is 23.8 Å². The van der Waals surface area contributed by atoms with Crippen LogP contribution in [-0.4, -0.2) is 0 Å². The molecule has 0 amide bonds. The molecule has 0 aliphatic carbocycles. The maximum atomic E-state index is 2.22. The third-order valence-electron chi connectivity index (χ3n) is 1.33. The fourth-order valence-electron chi connectivity index (χ4n) is 0.554. The Morgan fingerprint density at radius 1 is 1.33 bits per heavy atom. The van der Waals surface area contributed by atoms with Crippen molar-refractivity contribution in [2.45, 2.75) is 33.6 Å². The smallest absolute Gasteiger partial charge is 0.0142 e. The first-order valence-electron chi connectivity index (χ1n) is 3.58. The topological polar surface area (TPSA) is 0 Å². The van der Waals surface area contributed by atoms with Crippen LogP contribution in [0.1, 0.15) is 33.6 Å². The van der Waals surface area contributed by atoms with Gasteiger partial charge < -0.3 is 0 Å². The van der Waals surface area contributed by atoms with Gasteiger partial charge in [-0.3, -0.25) is 0 Å². The number of rotatable bonds is 3. The van der Waals surface area contributed by atoms with Crippen molar-refractivity contribution in [3.63, 3.8) is 0 Å². The summed E-state index contributed by atoms with van der Waals surface area (Å²) in [5.41, 5.74) is 1.44. The Morgan fingerprint density at radius 3 is 2.44 bits per heavy atom. The molecule has 0 radical (unpaired) electrons. The van der Waals surface area contributed by atoms with E-state index in [1.807, 2.05) is 0 Å². The first-order valence-corrected chi connectivity index (χ1v) is 3.58. The molecule has 0 heterocycles. The summed E-state index contributed by atoms with van der Waals surface area (Å²) in [4.78, 5) is 0. The normalized spacial score (nSPS) is 13.0. The molecule has 0 saturated carbocycles. The van der Waals surface area contributed by atoms with Crippen LogP contribution in [-0.2, 0) is 0 Å². The van der Waals surface area contributed by atoms with E-state index in [1.54, 1.807) is 0 Å². The van der Waals surface area contributed by atoms with Crippen LogP contribution in [0.5, 0.6) is 0 Å². The lowest BCUT2D eigenvalue weighted by Crippen LogP contribution is -1.69. The highest BCUT2D eigenvalue weighted by atomic mass is 13.9. The molecule has 0 bridgehead atoms. The van der Waals surface area contributed by atoms with Crippen LogP contribution < -0.4 is 0 Å². The van der Waals surface area contributed by atoms with Crippen LogP contribution in [0.25, 0.3) is 0 Å².